The Morgan fingerprint density at radius 2 is 1.50 bits per heavy atom. The van der Waals surface area contributed by atoms with Crippen LogP contribution >= 0.6 is 0 Å². The Labute approximate surface area is 130 Å². The standard InChI is InChI=1S/C18H17NO3/c1-12(14-7-5-13(11-19)6-8-14)18-16(21-3)9-15(20-2)10-17(18)22-4/h5-10H,1H2,2-4H3. The van der Waals surface area contributed by atoms with Gasteiger partial charge in [-0.05, 0) is 23.3 Å². The Hall–Kier alpha value is -2.93. The van der Waals surface area contributed by atoms with Crippen molar-refractivity contribution in [3.05, 3.63) is 59.7 Å². The van der Waals surface area contributed by atoms with E-state index in [2.05, 4.69) is 12.6 Å². The summed E-state index contributed by atoms with van der Waals surface area (Å²) in [6.45, 7) is 4.14. The van der Waals surface area contributed by atoms with E-state index in [0.717, 1.165) is 16.7 Å². The summed E-state index contributed by atoms with van der Waals surface area (Å²) in [5.41, 5.74) is 3.00. The number of methoxy groups -OCH3 is 3. The molecule has 2 aromatic carbocycles. The summed E-state index contributed by atoms with van der Waals surface area (Å²) in [6.07, 6.45) is 0. The van der Waals surface area contributed by atoms with Crippen molar-refractivity contribution in [2.45, 2.75) is 0 Å². The van der Waals surface area contributed by atoms with Gasteiger partial charge in [0.25, 0.3) is 0 Å². The van der Waals surface area contributed by atoms with Gasteiger partial charge >= 0.3 is 0 Å². The summed E-state index contributed by atoms with van der Waals surface area (Å²) in [5, 5.41) is 8.88. The average molecular weight is 295 g/mol. The molecule has 0 N–H and O–H groups in total. The van der Waals surface area contributed by atoms with Crippen LogP contribution in [0.2, 0.25) is 0 Å². The fraction of sp³-hybridized carbons (Fsp3) is 0.167. The van der Waals surface area contributed by atoms with Crippen molar-refractivity contribution in [2.75, 3.05) is 21.3 Å². The van der Waals surface area contributed by atoms with Gasteiger partial charge in [-0.15, -0.1) is 0 Å². The molecule has 0 aliphatic carbocycles. The highest BCUT2D eigenvalue weighted by molar-refractivity contribution is 5.85. The van der Waals surface area contributed by atoms with Crippen molar-refractivity contribution in [3.8, 4) is 23.3 Å². The summed E-state index contributed by atoms with van der Waals surface area (Å²) in [7, 11) is 4.76. The quantitative estimate of drug-likeness (QED) is 0.845. The third-order valence-corrected chi connectivity index (χ3v) is 3.38. The van der Waals surface area contributed by atoms with E-state index < -0.39 is 0 Å². The predicted molar refractivity (Wildman–Crippen MR) is 85.4 cm³/mol. The fourth-order valence-corrected chi connectivity index (χ4v) is 2.19. The van der Waals surface area contributed by atoms with Crippen LogP contribution in [0.15, 0.2) is 43.0 Å². The second-order valence-corrected chi connectivity index (χ2v) is 4.57. The van der Waals surface area contributed by atoms with Crippen LogP contribution in [0.4, 0.5) is 0 Å². The number of hydrogen-bond donors (Lipinski definition) is 0. The highest BCUT2D eigenvalue weighted by Crippen LogP contribution is 2.40. The Balaban J connectivity index is 2.54. The molecular weight excluding hydrogens is 278 g/mol. The van der Waals surface area contributed by atoms with Gasteiger partial charge in [0.05, 0.1) is 38.5 Å². The van der Waals surface area contributed by atoms with E-state index in [0.29, 0.717) is 22.8 Å². The lowest BCUT2D eigenvalue weighted by molar-refractivity contribution is 0.374. The van der Waals surface area contributed by atoms with Gasteiger partial charge in [0.1, 0.15) is 17.2 Å². The first-order valence-corrected chi connectivity index (χ1v) is 6.64. The van der Waals surface area contributed by atoms with E-state index in [1.165, 1.54) is 0 Å². The lowest BCUT2D eigenvalue weighted by atomic mass is 9.96. The number of nitriles is 1. The van der Waals surface area contributed by atoms with Gasteiger partial charge in [0.2, 0.25) is 0 Å². The molecule has 0 saturated carbocycles. The molecule has 0 fully saturated rings. The molecule has 2 aromatic rings. The van der Waals surface area contributed by atoms with Gasteiger partial charge in [-0.2, -0.15) is 5.26 Å². The maximum Gasteiger partial charge on any atom is 0.134 e. The van der Waals surface area contributed by atoms with Crippen LogP contribution in [-0.4, -0.2) is 21.3 Å². The first-order chi connectivity index (χ1) is 10.6. The van der Waals surface area contributed by atoms with Crippen LogP contribution in [0, 0.1) is 11.3 Å². The van der Waals surface area contributed by atoms with Crippen molar-refractivity contribution in [1.29, 1.82) is 5.26 Å². The topological polar surface area (TPSA) is 51.5 Å². The largest absolute Gasteiger partial charge is 0.496 e. The molecule has 0 spiro atoms. The van der Waals surface area contributed by atoms with Gasteiger partial charge in [-0.1, -0.05) is 18.7 Å². The Morgan fingerprint density at radius 1 is 0.955 bits per heavy atom. The number of benzene rings is 2. The molecule has 22 heavy (non-hydrogen) atoms. The summed E-state index contributed by atoms with van der Waals surface area (Å²) in [6, 6.07) is 12.9. The molecule has 4 nitrogen and oxygen atoms in total. The monoisotopic (exact) mass is 295 g/mol. The van der Waals surface area contributed by atoms with Crippen molar-refractivity contribution in [2.24, 2.45) is 0 Å². The number of hydrogen-bond acceptors (Lipinski definition) is 4. The van der Waals surface area contributed by atoms with Crippen LogP contribution in [-0.2, 0) is 0 Å². The molecule has 0 heterocycles. The van der Waals surface area contributed by atoms with Crippen LogP contribution in [0.1, 0.15) is 16.7 Å². The highest BCUT2D eigenvalue weighted by Gasteiger charge is 2.17. The second kappa shape index (κ2) is 6.68. The van der Waals surface area contributed by atoms with Gasteiger partial charge in [-0.25, -0.2) is 0 Å². The average Bonchev–Trinajstić information content (AvgIpc) is 2.59. The molecule has 0 aliphatic rings. The van der Waals surface area contributed by atoms with E-state index in [9.17, 15) is 0 Å². The van der Waals surface area contributed by atoms with E-state index in [4.69, 9.17) is 19.5 Å². The van der Waals surface area contributed by atoms with E-state index in [1.54, 1.807) is 45.6 Å². The molecule has 2 rings (SSSR count). The molecule has 0 bridgehead atoms. The first kappa shape index (κ1) is 15.5. The zero-order chi connectivity index (χ0) is 16.1. The van der Waals surface area contributed by atoms with E-state index >= 15 is 0 Å². The first-order valence-electron chi connectivity index (χ1n) is 6.64. The summed E-state index contributed by atoms with van der Waals surface area (Å²) >= 11 is 0. The third kappa shape index (κ3) is 2.89. The molecule has 112 valence electrons. The number of rotatable bonds is 5. The zero-order valence-corrected chi connectivity index (χ0v) is 12.8. The molecule has 0 aliphatic heterocycles. The van der Waals surface area contributed by atoms with E-state index in [-0.39, 0.29) is 0 Å². The van der Waals surface area contributed by atoms with Gasteiger partial charge < -0.3 is 14.2 Å². The van der Waals surface area contributed by atoms with Crippen molar-refractivity contribution in [1.82, 2.24) is 0 Å². The molecule has 0 radical (unpaired) electrons. The second-order valence-electron chi connectivity index (χ2n) is 4.57. The molecule has 0 aromatic heterocycles. The molecular formula is C18H17NO3. The maximum absolute atomic E-state index is 8.88. The summed E-state index contributed by atoms with van der Waals surface area (Å²) in [5.74, 6) is 1.88. The van der Waals surface area contributed by atoms with Gasteiger partial charge in [0.15, 0.2) is 0 Å². The van der Waals surface area contributed by atoms with Gasteiger partial charge in [-0.3, -0.25) is 0 Å². The van der Waals surface area contributed by atoms with Crippen LogP contribution in [0.5, 0.6) is 17.2 Å². The van der Waals surface area contributed by atoms with Crippen molar-refractivity contribution >= 4 is 5.57 Å². The Morgan fingerprint density at radius 3 is 1.91 bits per heavy atom. The molecule has 0 unspecified atom stereocenters. The normalized spacial score (nSPS) is 9.73. The summed E-state index contributed by atoms with van der Waals surface area (Å²) in [4.78, 5) is 0. The predicted octanol–water partition coefficient (Wildman–Crippen LogP) is 3.65. The number of nitrogens with zero attached hydrogens (tertiary/aromatic N) is 1. The summed E-state index contributed by atoms with van der Waals surface area (Å²) < 4.78 is 16.1. The molecule has 4 heteroatoms. The minimum atomic E-state index is 0.602. The van der Waals surface area contributed by atoms with Crippen LogP contribution in [0.3, 0.4) is 0 Å². The minimum Gasteiger partial charge on any atom is -0.496 e. The highest BCUT2D eigenvalue weighted by atomic mass is 16.5. The molecule has 0 saturated heterocycles. The lowest BCUT2D eigenvalue weighted by Crippen LogP contribution is -1.98. The Bertz CT molecular complexity index is 702. The maximum atomic E-state index is 8.88. The van der Waals surface area contributed by atoms with Crippen molar-refractivity contribution < 1.29 is 14.2 Å². The van der Waals surface area contributed by atoms with E-state index in [1.807, 2.05) is 12.1 Å². The van der Waals surface area contributed by atoms with Gasteiger partial charge in [0, 0.05) is 12.1 Å². The molecule has 0 atom stereocenters. The Kier molecular flexibility index (Phi) is 4.70. The third-order valence-electron chi connectivity index (χ3n) is 3.38. The van der Waals surface area contributed by atoms with Crippen molar-refractivity contribution in [3.63, 3.8) is 0 Å². The minimum absolute atomic E-state index is 0.602. The fourth-order valence-electron chi connectivity index (χ4n) is 2.19. The zero-order valence-electron chi connectivity index (χ0n) is 12.8. The SMILES string of the molecule is C=C(c1ccc(C#N)cc1)c1c(OC)cc(OC)cc1OC. The van der Waals surface area contributed by atoms with Crippen LogP contribution in [0.25, 0.3) is 5.57 Å². The van der Waals surface area contributed by atoms with Crippen LogP contribution < -0.4 is 14.2 Å². The smallest absolute Gasteiger partial charge is 0.134 e. The number of ether oxygens (including phenoxy) is 3. The lowest BCUT2D eigenvalue weighted by Gasteiger charge is -2.17. The molecule has 0 amide bonds.